The van der Waals surface area contributed by atoms with E-state index in [2.05, 4.69) is 9.97 Å². The molecule has 2 heterocycles. The number of aryl methyl sites for hydroxylation is 1. The normalized spacial score (nSPS) is 10.3. The number of alkyl halides is 1. The summed E-state index contributed by atoms with van der Waals surface area (Å²) in [5.41, 5.74) is 2.96. The van der Waals surface area contributed by atoms with E-state index >= 15 is 0 Å². The van der Waals surface area contributed by atoms with E-state index < -0.39 is 0 Å². The van der Waals surface area contributed by atoms with Crippen LogP contribution < -0.4 is 4.74 Å². The molecule has 0 aliphatic rings. The Morgan fingerprint density at radius 3 is 2.89 bits per heavy atom. The molecule has 0 amide bonds. The van der Waals surface area contributed by atoms with E-state index in [4.69, 9.17) is 16.3 Å². The fourth-order valence-electron chi connectivity index (χ4n) is 1.66. The monoisotopic (exact) mass is 262 g/mol. The van der Waals surface area contributed by atoms with Gasteiger partial charge in [-0.1, -0.05) is 6.07 Å². The number of nitrogens with zero attached hydrogens (tertiary/aromatic N) is 2. The van der Waals surface area contributed by atoms with Crippen LogP contribution in [0.5, 0.6) is 5.88 Å². The van der Waals surface area contributed by atoms with Crippen LogP contribution in [0, 0.1) is 6.92 Å². The van der Waals surface area contributed by atoms with Crippen LogP contribution in [-0.4, -0.2) is 16.6 Å². The van der Waals surface area contributed by atoms with Gasteiger partial charge in [-0.05, 0) is 30.7 Å². The molecule has 0 N–H and O–H groups in total. The van der Waals surface area contributed by atoms with Gasteiger partial charge in [0.15, 0.2) is 0 Å². The molecule has 0 saturated carbocycles. The third-order valence-corrected chi connectivity index (χ3v) is 2.79. The lowest BCUT2D eigenvalue weighted by atomic mass is 10.2. The van der Waals surface area contributed by atoms with Gasteiger partial charge in [0.1, 0.15) is 0 Å². The molecule has 3 nitrogen and oxygen atoms in total. The second-order valence-electron chi connectivity index (χ2n) is 4.01. The summed E-state index contributed by atoms with van der Waals surface area (Å²) in [6, 6.07) is 9.69. The SMILES string of the molecule is Cc1cc(CCl)cc(OCCc2ccccn2)n1. The first-order chi connectivity index (χ1) is 8.78. The van der Waals surface area contributed by atoms with Crippen LogP contribution in [0.1, 0.15) is 17.0 Å². The smallest absolute Gasteiger partial charge is 0.213 e. The standard InChI is InChI=1S/C14H15ClN2O/c1-11-8-12(10-15)9-14(17-11)18-7-5-13-4-2-3-6-16-13/h2-4,6,8-9H,5,7,10H2,1H3. The lowest BCUT2D eigenvalue weighted by Gasteiger charge is -2.07. The molecule has 0 unspecified atom stereocenters. The quantitative estimate of drug-likeness (QED) is 0.777. The van der Waals surface area contributed by atoms with Crippen molar-refractivity contribution in [2.75, 3.05) is 6.61 Å². The van der Waals surface area contributed by atoms with Gasteiger partial charge in [0.2, 0.25) is 5.88 Å². The highest BCUT2D eigenvalue weighted by Crippen LogP contribution is 2.14. The molecule has 0 aliphatic heterocycles. The zero-order chi connectivity index (χ0) is 12.8. The van der Waals surface area contributed by atoms with Crippen LogP contribution in [0.2, 0.25) is 0 Å². The average molecular weight is 263 g/mol. The zero-order valence-corrected chi connectivity index (χ0v) is 11.0. The summed E-state index contributed by atoms with van der Waals surface area (Å²) in [6.07, 6.45) is 2.55. The molecule has 18 heavy (non-hydrogen) atoms. The molecule has 0 spiro atoms. The summed E-state index contributed by atoms with van der Waals surface area (Å²) in [4.78, 5) is 8.55. The van der Waals surface area contributed by atoms with Gasteiger partial charge < -0.3 is 4.74 Å². The highest BCUT2D eigenvalue weighted by molar-refractivity contribution is 6.17. The van der Waals surface area contributed by atoms with E-state index in [1.54, 1.807) is 6.20 Å². The van der Waals surface area contributed by atoms with Gasteiger partial charge in [-0.2, -0.15) is 0 Å². The van der Waals surface area contributed by atoms with Gasteiger partial charge in [-0.15, -0.1) is 11.6 Å². The second-order valence-corrected chi connectivity index (χ2v) is 4.28. The van der Waals surface area contributed by atoms with Crippen molar-refractivity contribution in [1.82, 2.24) is 9.97 Å². The summed E-state index contributed by atoms with van der Waals surface area (Å²) < 4.78 is 5.62. The minimum atomic E-state index is 0.472. The maximum absolute atomic E-state index is 5.81. The van der Waals surface area contributed by atoms with Gasteiger partial charge in [-0.3, -0.25) is 4.98 Å². The predicted molar refractivity (Wildman–Crippen MR) is 72.0 cm³/mol. The lowest BCUT2D eigenvalue weighted by Crippen LogP contribution is -2.04. The maximum Gasteiger partial charge on any atom is 0.213 e. The van der Waals surface area contributed by atoms with E-state index in [0.717, 1.165) is 23.4 Å². The molecule has 0 aliphatic carbocycles. The van der Waals surface area contributed by atoms with Crippen molar-refractivity contribution in [2.45, 2.75) is 19.2 Å². The van der Waals surface area contributed by atoms with Gasteiger partial charge in [0.25, 0.3) is 0 Å². The van der Waals surface area contributed by atoms with Crippen LogP contribution in [0.15, 0.2) is 36.5 Å². The van der Waals surface area contributed by atoms with Gasteiger partial charge in [-0.25, -0.2) is 4.98 Å². The van der Waals surface area contributed by atoms with Gasteiger partial charge in [0.05, 0.1) is 6.61 Å². The van der Waals surface area contributed by atoms with Crippen molar-refractivity contribution in [3.63, 3.8) is 0 Å². The second kappa shape index (κ2) is 6.36. The Hall–Kier alpha value is -1.61. The maximum atomic E-state index is 5.81. The molecular weight excluding hydrogens is 248 g/mol. The summed E-state index contributed by atoms with van der Waals surface area (Å²) in [7, 11) is 0. The Labute approximate surface area is 112 Å². The number of hydrogen-bond acceptors (Lipinski definition) is 3. The summed E-state index contributed by atoms with van der Waals surface area (Å²) in [5.74, 6) is 1.10. The van der Waals surface area contributed by atoms with E-state index in [0.29, 0.717) is 18.4 Å². The van der Waals surface area contributed by atoms with Crippen molar-refractivity contribution in [2.24, 2.45) is 0 Å². The van der Waals surface area contributed by atoms with Crippen LogP contribution >= 0.6 is 11.6 Å². The van der Waals surface area contributed by atoms with Gasteiger partial charge in [0, 0.05) is 36.0 Å². The minimum absolute atomic E-state index is 0.472. The number of pyridine rings is 2. The molecule has 2 aromatic rings. The third-order valence-electron chi connectivity index (χ3n) is 2.48. The summed E-state index contributed by atoms with van der Waals surface area (Å²) in [5, 5.41) is 0. The van der Waals surface area contributed by atoms with E-state index in [1.807, 2.05) is 37.3 Å². The van der Waals surface area contributed by atoms with Crippen molar-refractivity contribution < 1.29 is 4.74 Å². The lowest BCUT2D eigenvalue weighted by molar-refractivity contribution is 0.307. The Morgan fingerprint density at radius 1 is 1.28 bits per heavy atom. The largest absolute Gasteiger partial charge is 0.477 e. The molecule has 0 fully saturated rings. The first kappa shape index (κ1) is 12.8. The Balaban J connectivity index is 1.92. The molecule has 2 aromatic heterocycles. The van der Waals surface area contributed by atoms with Crippen molar-refractivity contribution in [3.05, 3.63) is 53.5 Å². The molecule has 0 radical (unpaired) electrons. The van der Waals surface area contributed by atoms with E-state index in [-0.39, 0.29) is 0 Å². The fourth-order valence-corrected chi connectivity index (χ4v) is 1.82. The number of halogens is 1. The number of hydrogen-bond donors (Lipinski definition) is 0. The molecule has 2 rings (SSSR count). The predicted octanol–water partition coefficient (Wildman–Crippen LogP) is 3.15. The number of ether oxygens (including phenoxy) is 1. The van der Waals surface area contributed by atoms with Crippen LogP contribution in [-0.2, 0) is 12.3 Å². The Kier molecular flexibility index (Phi) is 4.53. The van der Waals surface area contributed by atoms with Crippen molar-refractivity contribution >= 4 is 11.6 Å². The minimum Gasteiger partial charge on any atom is -0.477 e. The summed E-state index contributed by atoms with van der Waals surface area (Å²) in [6.45, 7) is 2.50. The average Bonchev–Trinajstić information content (AvgIpc) is 2.39. The van der Waals surface area contributed by atoms with Crippen LogP contribution in [0.25, 0.3) is 0 Å². The molecule has 0 atom stereocenters. The molecule has 0 saturated heterocycles. The molecule has 4 heteroatoms. The number of rotatable bonds is 5. The van der Waals surface area contributed by atoms with Crippen molar-refractivity contribution in [3.8, 4) is 5.88 Å². The fraction of sp³-hybridized carbons (Fsp3) is 0.286. The topological polar surface area (TPSA) is 35.0 Å². The highest BCUT2D eigenvalue weighted by Gasteiger charge is 2.01. The first-order valence-electron chi connectivity index (χ1n) is 5.84. The molecular formula is C14H15ClN2O. The first-order valence-corrected chi connectivity index (χ1v) is 6.37. The number of aromatic nitrogens is 2. The third kappa shape index (κ3) is 3.70. The Bertz CT molecular complexity index is 502. The zero-order valence-electron chi connectivity index (χ0n) is 10.3. The van der Waals surface area contributed by atoms with Crippen LogP contribution in [0.3, 0.4) is 0 Å². The van der Waals surface area contributed by atoms with E-state index in [1.165, 1.54) is 0 Å². The molecule has 0 aromatic carbocycles. The molecule has 0 bridgehead atoms. The highest BCUT2D eigenvalue weighted by atomic mass is 35.5. The van der Waals surface area contributed by atoms with Gasteiger partial charge >= 0.3 is 0 Å². The van der Waals surface area contributed by atoms with Crippen molar-refractivity contribution in [1.29, 1.82) is 0 Å². The molecule has 94 valence electrons. The van der Waals surface area contributed by atoms with E-state index in [9.17, 15) is 0 Å². The summed E-state index contributed by atoms with van der Waals surface area (Å²) >= 11 is 5.81. The Morgan fingerprint density at radius 2 is 2.17 bits per heavy atom. The van der Waals surface area contributed by atoms with Crippen LogP contribution in [0.4, 0.5) is 0 Å².